The monoisotopic (exact) mass is 193 g/mol. The molecule has 1 aliphatic heterocycles. The van der Waals surface area contributed by atoms with Crippen LogP contribution in [0, 0.1) is 5.41 Å². The molecule has 0 aromatic heterocycles. The van der Waals surface area contributed by atoms with Crippen molar-refractivity contribution >= 4 is 12.4 Å². The highest BCUT2D eigenvalue weighted by atomic mass is 35.5. The third-order valence-corrected chi connectivity index (χ3v) is 2.75. The van der Waals surface area contributed by atoms with Crippen LogP contribution in [-0.4, -0.2) is 24.8 Å². The molecule has 1 heterocycles. The first-order chi connectivity index (χ1) is 5.27. The van der Waals surface area contributed by atoms with Crippen molar-refractivity contribution in [1.29, 1.82) is 0 Å². The number of aliphatic hydroxyl groups excluding tert-OH is 1. The van der Waals surface area contributed by atoms with Crippen LogP contribution in [0.2, 0.25) is 0 Å². The number of piperidine rings is 1. The van der Waals surface area contributed by atoms with Crippen LogP contribution in [0.1, 0.15) is 32.6 Å². The van der Waals surface area contributed by atoms with Gasteiger partial charge in [0.2, 0.25) is 0 Å². The molecule has 1 fully saturated rings. The smallest absolute Gasteiger partial charge is 0.0431 e. The zero-order chi connectivity index (χ0) is 8.16. The van der Waals surface area contributed by atoms with E-state index in [1.165, 1.54) is 19.3 Å². The molecule has 0 unspecified atom stereocenters. The minimum atomic E-state index is 0. The topological polar surface area (TPSA) is 32.3 Å². The van der Waals surface area contributed by atoms with E-state index in [-0.39, 0.29) is 12.4 Å². The fourth-order valence-electron chi connectivity index (χ4n) is 1.79. The van der Waals surface area contributed by atoms with Crippen molar-refractivity contribution in [1.82, 2.24) is 5.32 Å². The van der Waals surface area contributed by atoms with E-state index in [2.05, 4.69) is 12.2 Å². The minimum Gasteiger partial charge on any atom is -0.396 e. The summed E-state index contributed by atoms with van der Waals surface area (Å²) in [5.41, 5.74) is 0.508. The number of rotatable bonds is 3. The van der Waals surface area contributed by atoms with Gasteiger partial charge < -0.3 is 10.4 Å². The van der Waals surface area contributed by atoms with Crippen molar-refractivity contribution in [2.75, 3.05) is 19.7 Å². The summed E-state index contributed by atoms with van der Waals surface area (Å²) < 4.78 is 0. The van der Waals surface area contributed by atoms with Crippen LogP contribution in [0.3, 0.4) is 0 Å². The van der Waals surface area contributed by atoms with Gasteiger partial charge in [-0.3, -0.25) is 0 Å². The lowest BCUT2D eigenvalue weighted by Crippen LogP contribution is -2.34. The molecule has 0 saturated carbocycles. The molecule has 2 N–H and O–H groups in total. The van der Waals surface area contributed by atoms with Gasteiger partial charge in [-0.05, 0) is 44.2 Å². The van der Waals surface area contributed by atoms with Crippen LogP contribution >= 0.6 is 12.4 Å². The lowest BCUT2D eigenvalue weighted by molar-refractivity contribution is 0.182. The van der Waals surface area contributed by atoms with Crippen LogP contribution in [0.5, 0.6) is 0 Å². The Morgan fingerprint density at radius 3 is 2.42 bits per heavy atom. The summed E-state index contributed by atoms with van der Waals surface area (Å²) in [6, 6.07) is 0. The molecular formula is C9H20ClNO. The van der Waals surface area contributed by atoms with Gasteiger partial charge in [0.15, 0.2) is 0 Å². The SMILES string of the molecule is CC1(CCCO)CCNCC1.Cl. The largest absolute Gasteiger partial charge is 0.396 e. The Bertz CT molecular complexity index is 113. The third kappa shape index (κ3) is 3.74. The predicted octanol–water partition coefficient (Wildman–Crippen LogP) is 1.57. The second kappa shape index (κ2) is 5.79. The van der Waals surface area contributed by atoms with E-state index in [0.29, 0.717) is 12.0 Å². The van der Waals surface area contributed by atoms with E-state index in [1.807, 2.05) is 0 Å². The van der Waals surface area contributed by atoms with Crippen LogP contribution in [-0.2, 0) is 0 Å². The number of nitrogens with one attached hydrogen (secondary N) is 1. The number of halogens is 1. The van der Waals surface area contributed by atoms with E-state index in [0.717, 1.165) is 19.5 Å². The second-order valence-corrected chi connectivity index (χ2v) is 3.89. The Morgan fingerprint density at radius 2 is 1.92 bits per heavy atom. The van der Waals surface area contributed by atoms with Crippen molar-refractivity contribution in [3.8, 4) is 0 Å². The van der Waals surface area contributed by atoms with Crippen LogP contribution in [0.15, 0.2) is 0 Å². The van der Waals surface area contributed by atoms with Crippen molar-refractivity contribution in [2.45, 2.75) is 32.6 Å². The normalized spacial score (nSPS) is 21.5. The molecule has 0 bridgehead atoms. The second-order valence-electron chi connectivity index (χ2n) is 3.89. The number of hydrogen-bond donors (Lipinski definition) is 2. The minimum absolute atomic E-state index is 0. The van der Waals surface area contributed by atoms with Gasteiger partial charge in [-0.1, -0.05) is 6.92 Å². The first-order valence-corrected chi connectivity index (χ1v) is 4.58. The van der Waals surface area contributed by atoms with Crippen molar-refractivity contribution < 1.29 is 5.11 Å². The standard InChI is InChI=1S/C9H19NO.ClH/c1-9(3-2-8-11)4-6-10-7-5-9;/h10-11H,2-8H2,1H3;1H. The average Bonchev–Trinajstić information content (AvgIpc) is 2.03. The molecule has 0 aromatic carbocycles. The maximum Gasteiger partial charge on any atom is 0.0431 e. The summed E-state index contributed by atoms with van der Waals surface area (Å²) in [6.07, 6.45) is 4.70. The molecule has 12 heavy (non-hydrogen) atoms. The molecule has 1 aliphatic rings. The fraction of sp³-hybridized carbons (Fsp3) is 1.00. The molecule has 0 aromatic rings. The highest BCUT2D eigenvalue weighted by Gasteiger charge is 2.25. The third-order valence-electron chi connectivity index (χ3n) is 2.75. The average molecular weight is 194 g/mol. The Labute approximate surface area is 81.2 Å². The zero-order valence-corrected chi connectivity index (χ0v) is 8.62. The Balaban J connectivity index is 0.00000121. The quantitative estimate of drug-likeness (QED) is 0.714. The van der Waals surface area contributed by atoms with Gasteiger partial charge in [-0.25, -0.2) is 0 Å². The zero-order valence-electron chi connectivity index (χ0n) is 7.81. The van der Waals surface area contributed by atoms with Gasteiger partial charge in [0, 0.05) is 6.61 Å². The van der Waals surface area contributed by atoms with Gasteiger partial charge in [0.1, 0.15) is 0 Å². The Morgan fingerprint density at radius 1 is 1.33 bits per heavy atom. The summed E-state index contributed by atoms with van der Waals surface area (Å²) in [5.74, 6) is 0. The maximum absolute atomic E-state index is 8.70. The summed E-state index contributed by atoms with van der Waals surface area (Å²) in [7, 11) is 0. The van der Waals surface area contributed by atoms with Crippen LogP contribution in [0.4, 0.5) is 0 Å². The molecule has 0 atom stereocenters. The summed E-state index contributed by atoms with van der Waals surface area (Å²) in [5, 5.41) is 12.0. The highest BCUT2D eigenvalue weighted by molar-refractivity contribution is 5.85. The molecule has 2 nitrogen and oxygen atoms in total. The molecule has 0 aliphatic carbocycles. The van der Waals surface area contributed by atoms with E-state index in [9.17, 15) is 0 Å². The lowest BCUT2D eigenvalue weighted by atomic mass is 9.77. The van der Waals surface area contributed by atoms with Gasteiger partial charge >= 0.3 is 0 Å². The van der Waals surface area contributed by atoms with Crippen LogP contribution < -0.4 is 5.32 Å². The predicted molar refractivity (Wildman–Crippen MR) is 53.8 cm³/mol. The summed E-state index contributed by atoms with van der Waals surface area (Å²) in [4.78, 5) is 0. The summed E-state index contributed by atoms with van der Waals surface area (Å²) >= 11 is 0. The highest BCUT2D eigenvalue weighted by Crippen LogP contribution is 2.32. The first kappa shape index (κ1) is 12.2. The Kier molecular flexibility index (Phi) is 5.89. The molecule has 0 amide bonds. The molecule has 0 radical (unpaired) electrons. The fourth-order valence-corrected chi connectivity index (χ4v) is 1.79. The maximum atomic E-state index is 8.70. The van der Waals surface area contributed by atoms with Gasteiger partial charge in [0.25, 0.3) is 0 Å². The molecule has 1 saturated heterocycles. The van der Waals surface area contributed by atoms with Gasteiger partial charge in [-0.2, -0.15) is 0 Å². The van der Waals surface area contributed by atoms with E-state index >= 15 is 0 Å². The molecular weight excluding hydrogens is 174 g/mol. The molecule has 0 spiro atoms. The van der Waals surface area contributed by atoms with Gasteiger partial charge in [-0.15, -0.1) is 12.4 Å². The van der Waals surface area contributed by atoms with E-state index < -0.39 is 0 Å². The molecule has 74 valence electrons. The van der Waals surface area contributed by atoms with Crippen molar-refractivity contribution in [3.63, 3.8) is 0 Å². The molecule has 3 heteroatoms. The van der Waals surface area contributed by atoms with E-state index in [1.54, 1.807) is 0 Å². The van der Waals surface area contributed by atoms with Crippen molar-refractivity contribution in [2.24, 2.45) is 5.41 Å². The lowest BCUT2D eigenvalue weighted by Gasteiger charge is -2.33. The Hall–Kier alpha value is 0.210. The molecule has 1 rings (SSSR count). The number of aliphatic hydroxyl groups is 1. The van der Waals surface area contributed by atoms with Crippen molar-refractivity contribution in [3.05, 3.63) is 0 Å². The first-order valence-electron chi connectivity index (χ1n) is 4.58. The van der Waals surface area contributed by atoms with Gasteiger partial charge in [0.05, 0.1) is 0 Å². The van der Waals surface area contributed by atoms with E-state index in [4.69, 9.17) is 5.11 Å². The number of hydrogen-bond acceptors (Lipinski definition) is 2. The summed E-state index contributed by atoms with van der Waals surface area (Å²) in [6.45, 7) is 5.00. The van der Waals surface area contributed by atoms with Crippen LogP contribution in [0.25, 0.3) is 0 Å².